The number of rotatable bonds is 1. The third kappa shape index (κ3) is 1.93. The molecule has 0 aliphatic carbocycles. The summed E-state index contributed by atoms with van der Waals surface area (Å²) in [6.07, 6.45) is 0.798. The normalized spacial score (nSPS) is 13.4. The molecule has 0 radical (unpaired) electrons. The molecule has 3 rings (SSSR count). The van der Waals surface area contributed by atoms with Crippen molar-refractivity contribution in [3.8, 4) is 0 Å². The third-order valence-corrected chi connectivity index (χ3v) is 3.68. The second kappa shape index (κ2) is 4.63. The summed E-state index contributed by atoms with van der Waals surface area (Å²) < 4.78 is 13.3. The van der Waals surface area contributed by atoms with E-state index in [1.807, 2.05) is 12.1 Å². The lowest BCUT2D eigenvalue weighted by atomic mass is 10.1. The zero-order chi connectivity index (χ0) is 14.3. The van der Waals surface area contributed by atoms with Gasteiger partial charge < -0.3 is 10.6 Å². The summed E-state index contributed by atoms with van der Waals surface area (Å²) in [5.74, 6) is -0.437. The average molecular weight is 270 g/mol. The number of para-hydroxylation sites is 1. The molecule has 102 valence electrons. The van der Waals surface area contributed by atoms with E-state index in [-0.39, 0.29) is 11.7 Å². The standard InChI is InChI=1S/C16H15FN2O/c1-10-9-12(5-6-13(10)17)16(20)19-8-7-11-3-2-4-14(18)15(11)19/h2-6,9H,7-8,18H2,1H3. The average Bonchev–Trinajstić information content (AvgIpc) is 2.86. The molecule has 0 spiro atoms. The van der Waals surface area contributed by atoms with Crippen LogP contribution in [0.1, 0.15) is 21.5 Å². The van der Waals surface area contributed by atoms with Crippen molar-refractivity contribution < 1.29 is 9.18 Å². The maximum Gasteiger partial charge on any atom is 0.258 e. The highest BCUT2D eigenvalue weighted by Crippen LogP contribution is 2.34. The lowest BCUT2D eigenvalue weighted by Gasteiger charge is -2.19. The van der Waals surface area contributed by atoms with Crippen LogP contribution in [-0.4, -0.2) is 12.5 Å². The summed E-state index contributed by atoms with van der Waals surface area (Å²) in [5.41, 5.74) is 9.41. The van der Waals surface area contributed by atoms with Crippen LogP contribution < -0.4 is 10.6 Å². The fourth-order valence-electron chi connectivity index (χ4n) is 2.62. The van der Waals surface area contributed by atoms with Crippen LogP contribution in [-0.2, 0) is 6.42 Å². The van der Waals surface area contributed by atoms with Crippen LogP contribution in [0.2, 0.25) is 0 Å². The molecule has 3 nitrogen and oxygen atoms in total. The molecule has 1 aliphatic rings. The van der Waals surface area contributed by atoms with Gasteiger partial charge in [-0.2, -0.15) is 0 Å². The second-order valence-electron chi connectivity index (χ2n) is 5.03. The first-order valence-electron chi connectivity index (χ1n) is 6.53. The minimum atomic E-state index is -0.303. The Morgan fingerprint density at radius 2 is 2.10 bits per heavy atom. The van der Waals surface area contributed by atoms with E-state index in [2.05, 4.69) is 0 Å². The Balaban J connectivity index is 1.99. The van der Waals surface area contributed by atoms with Gasteiger partial charge in [0.05, 0.1) is 11.4 Å². The molecule has 0 bridgehead atoms. The Kier molecular flexibility index (Phi) is 2.93. The van der Waals surface area contributed by atoms with Gasteiger partial charge in [0.1, 0.15) is 5.82 Å². The summed E-state index contributed by atoms with van der Waals surface area (Å²) in [5, 5.41) is 0. The van der Waals surface area contributed by atoms with E-state index in [4.69, 9.17) is 5.73 Å². The fraction of sp³-hybridized carbons (Fsp3) is 0.188. The number of aryl methyl sites for hydroxylation is 1. The van der Waals surface area contributed by atoms with Gasteiger partial charge in [0.15, 0.2) is 0 Å². The van der Waals surface area contributed by atoms with Crippen LogP contribution in [0.15, 0.2) is 36.4 Å². The first-order valence-corrected chi connectivity index (χ1v) is 6.53. The van der Waals surface area contributed by atoms with Crippen molar-refractivity contribution in [2.45, 2.75) is 13.3 Å². The molecule has 0 fully saturated rings. The number of hydrogen-bond donors (Lipinski definition) is 1. The van der Waals surface area contributed by atoms with E-state index in [1.165, 1.54) is 12.1 Å². The molecule has 0 saturated carbocycles. The van der Waals surface area contributed by atoms with Gasteiger partial charge in [0.25, 0.3) is 5.91 Å². The topological polar surface area (TPSA) is 46.3 Å². The minimum Gasteiger partial charge on any atom is -0.397 e. The van der Waals surface area contributed by atoms with Gasteiger partial charge in [-0.1, -0.05) is 12.1 Å². The van der Waals surface area contributed by atoms with Crippen LogP contribution in [0.5, 0.6) is 0 Å². The molecule has 2 aromatic carbocycles. The Morgan fingerprint density at radius 3 is 2.85 bits per heavy atom. The van der Waals surface area contributed by atoms with E-state index in [0.29, 0.717) is 23.4 Å². The Bertz CT molecular complexity index is 697. The molecule has 1 amide bonds. The van der Waals surface area contributed by atoms with Crippen LogP contribution in [0.4, 0.5) is 15.8 Å². The lowest BCUT2D eigenvalue weighted by Crippen LogP contribution is -2.29. The number of carbonyl (C=O) groups is 1. The number of nitrogens with two attached hydrogens (primary N) is 1. The summed E-state index contributed by atoms with van der Waals surface area (Å²) in [6, 6.07) is 10.1. The number of anilines is 2. The summed E-state index contributed by atoms with van der Waals surface area (Å²) in [7, 11) is 0. The summed E-state index contributed by atoms with van der Waals surface area (Å²) in [4.78, 5) is 14.3. The Hall–Kier alpha value is -2.36. The van der Waals surface area contributed by atoms with Crippen molar-refractivity contribution in [3.63, 3.8) is 0 Å². The van der Waals surface area contributed by atoms with Crippen LogP contribution in [0.3, 0.4) is 0 Å². The van der Waals surface area contributed by atoms with Crippen molar-refractivity contribution in [1.82, 2.24) is 0 Å². The first kappa shape index (κ1) is 12.7. The molecule has 1 aliphatic heterocycles. The number of hydrogen-bond acceptors (Lipinski definition) is 2. The largest absolute Gasteiger partial charge is 0.397 e. The van der Waals surface area contributed by atoms with Gasteiger partial charge in [0, 0.05) is 12.1 Å². The number of nitrogens with zero attached hydrogens (tertiary/aromatic N) is 1. The smallest absolute Gasteiger partial charge is 0.258 e. The number of carbonyl (C=O) groups excluding carboxylic acids is 1. The SMILES string of the molecule is Cc1cc(C(=O)N2CCc3cccc(N)c32)ccc1F. The zero-order valence-corrected chi connectivity index (χ0v) is 11.2. The highest BCUT2D eigenvalue weighted by Gasteiger charge is 2.27. The van der Waals surface area contributed by atoms with Crippen molar-refractivity contribution in [2.75, 3.05) is 17.2 Å². The van der Waals surface area contributed by atoms with E-state index < -0.39 is 0 Å². The van der Waals surface area contributed by atoms with Gasteiger partial charge >= 0.3 is 0 Å². The Morgan fingerprint density at radius 1 is 1.30 bits per heavy atom. The molecular weight excluding hydrogens is 255 g/mol. The maximum absolute atomic E-state index is 13.3. The van der Waals surface area contributed by atoms with Crippen LogP contribution >= 0.6 is 0 Å². The zero-order valence-electron chi connectivity index (χ0n) is 11.2. The first-order chi connectivity index (χ1) is 9.58. The van der Waals surface area contributed by atoms with E-state index >= 15 is 0 Å². The molecule has 4 heteroatoms. The fourth-order valence-corrected chi connectivity index (χ4v) is 2.62. The van der Waals surface area contributed by atoms with Crippen molar-refractivity contribution in [3.05, 3.63) is 58.9 Å². The number of amides is 1. The molecule has 0 aromatic heterocycles. The van der Waals surface area contributed by atoms with Crippen LogP contribution in [0.25, 0.3) is 0 Å². The van der Waals surface area contributed by atoms with E-state index in [9.17, 15) is 9.18 Å². The molecule has 0 saturated heterocycles. The Labute approximate surface area is 116 Å². The molecule has 0 atom stereocenters. The minimum absolute atomic E-state index is 0.134. The van der Waals surface area contributed by atoms with Crippen molar-refractivity contribution >= 4 is 17.3 Å². The highest BCUT2D eigenvalue weighted by atomic mass is 19.1. The molecule has 2 aromatic rings. The van der Waals surface area contributed by atoms with E-state index in [0.717, 1.165) is 17.7 Å². The van der Waals surface area contributed by atoms with Gasteiger partial charge in [-0.15, -0.1) is 0 Å². The quantitative estimate of drug-likeness (QED) is 0.810. The number of benzene rings is 2. The number of halogens is 1. The van der Waals surface area contributed by atoms with Gasteiger partial charge in [-0.25, -0.2) is 4.39 Å². The molecule has 1 heterocycles. The maximum atomic E-state index is 13.3. The summed E-state index contributed by atoms with van der Waals surface area (Å²) in [6.45, 7) is 2.26. The van der Waals surface area contributed by atoms with E-state index in [1.54, 1.807) is 24.0 Å². The second-order valence-corrected chi connectivity index (χ2v) is 5.03. The van der Waals surface area contributed by atoms with Crippen molar-refractivity contribution in [1.29, 1.82) is 0 Å². The van der Waals surface area contributed by atoms with Gasteiger partial charge in [0.2, 0.25) is 0 Å². The van der Waals surface area contributed by atoms with Gasteiger partial charge in [-0.05, 0) is 48.7 Å². The molecule has 20 heavy (non-hydrogen) atoms. The lowest BCUT2D eigenvalue weighted by molar-refractivity contribution is 0.0989. The summed E-state index contributed by atoms with van der Waals surface area (Å²) >= 11 is 0. The molecule has 2 N–H and O–H groups in total. The monoisotopic (exact) mass is 270 g/mol. The third-order valence-electron chi connectivity index (χ3n) is 3.68. The molecular formula is C16H15FN2O. The predicted molar refractivity (Wildman–Crippen MR) is 77.4 cm³/mol. The predicted octanol–water partition coefficient (Wildman–Crippen LogP) is 2.92. The number of fused-ring (bicyclic) bond motifs is 1. The van der Waals surface area contributed by atoms with Gasteiger partial charge in [-0.3, -0.25) is 4.79 Å². The molecule has 0 unspecified atom stereocenters. The van der Waals surface area contributed by atoms with Crippen molar-refractivity contribution in [2.24, 2.45) is 0 Å². The number of nitrogen functional groups attached to an aromatic ring is 1. The van der Waals surface area contributed by atoms with Crippen LogP contribution in [0, 0.1) is 12.7 Å². The highest BCUT2D eigenvalue weighted by molar-refractivity contribution is 6.09.